The summed E-state index contributed by atoms with van der Waals surface area (Å²) in [5, 5.41) is 0. The fourth-order valence-corrected chi connectivity index (χ4v) is 4.05. The van der Waals surface area contributed by atoms with Crippen LogP contribution in [0.15, 0.2) is 59.5 Å². The van der Waals surface area contributed by atoms with Crippen molar-refractivity contribution in [2.45, 2.75) is 19.6 Å². The third-order valence-electron chi connectivity index (χ3n) is 4.28. The summed E-state index contributed by atoms with van der Waals surface area (Å²) in [6.07, 6.45) is 0. The fourth-order valence-electron chi connectivity index (χ4n) is 2.96. The Hall–Kier alpha value is -2.53. The van der Waals surface area contributed by atoms with Crippen molar-refractivity contribution in [1.29, 1.82) is 0 Å². The number of imide groups is 1. The smallest absolute Gasteiger partial charge is 0.268 e. The lowest BCUT2D eigenvalue weighted by Gasteiger charge is -2.17. The van der Waals surface area contributed by atoms with Gasteiger partial charge in [0, 0.05) is 12.3 Å². The molecule has 1 aliphatic heterocycles. The van der Waals surface area contributed by atoms with Crippen molar-refractivity contribution in [3.63, 3.8) is 0 Å². The number of thioether (sulfide) groups is 1. The maximum atomic E-state index is 13.0. The Bertz CT molecular complexity index is 857. The summed E-state index contributed by atoms with van der Waals surface area (Å²) in [7, 11) is 1.60. The molecule has 140 valence electrons. The third kappa shape index (κ3) is 4.25. The van der Waals surface area contributed by atoms with Crippen LogP contribution in [0.4, 0.5) is 0 Å². The molecule has 0 aliphatic carbocycles. The van der Waals surface area contributed by atoms with Gasteiger partial charge in [0.15, 0.2) is 0 Å². The Morgan fingerprint density at radius 1 is 0.963 bits per heavy atom. The number of hydrogen-bond acceptors (Lipinski definition) is 4. The molecule has 2 amide bonds. The van der Waals surface area contributed by atoms with Gasteiger partial charge in [0.2, 0.25) is 0 Å². The second kappa shape index (κ2) is 8.44. The number of hydrogen-bond donors (Lipinski definition) is 0. The molecule has 1 aliphatic rings. The third-order valence-corrected chi connectivity index (χ3v) is 5.42. The van der Waals surface area contributed by atoms with E-state index in [1.54, 1.807) is 7.11 Å². The largest absolute Gasteiger partial charge is 0.497 e. The van der Waals surface area contributed by atoms with Crippen LogP contribution >= 0.6 is 11.8 Å². The molecule has 5 heteroatoms. The first kappa shape index (κ1) is 19.2. The lowest BCUT2D eigenvalue weighted by Crippen LogP contribution is -2.34. The highest BCUT2D eigenvalue weighted by Crippen LogP contribution is 2.38. The van der Waals surface area contributed by atoms with Crippen LogP contribution in [-0.4, -0.2) is 30.4 Å². The molecule has 0 saturated heterocycles. The number of rotatable bonds is 7. The highest BCUT2D eigenvalue weighted by molar-refractivity contribution is 8.03. The molecular weight excluding hydrogens is 358 g/mol. The van der Waals surface area contributed by atoms with Crippen LogP contribution in [0.5, 0.6) is 5.75 Å². The number of benzene rings is 2. The van der Waals surface area contributed by atoms with Crippen molar-refractivity contribution in [2.75, 3.05) is 13.7 Å². The van der Waals surface area contributed by atoms with Gasteiger partial charge >= 0.3 is 0 Å². The van der Waals surface area contributed by atoms with Crippen molar-refractivity contribution < 1.29 is 14.3 Å². The van der Waals surface area contributed by atoms with E-state index in [9.17, 15) is 9.59 Å². The molecule has 0 N–H and O–H groups in total. The van der Waals surface area contributed by atoms with Gasteiger partial charge in [0.05, 0.1) is 17.6 Å². The number of nitrogens with zero attached hydrogens (tertiary/aromatic N) is 1. The van der Waals surface area contributed by atoms with Crippen molar-refractivity contribution >= 4 is 29.1 Å². The molecule has 0 aromatic heterocycles. The first-order chi connectivity index (χ1) is 13.0. The lowest BCUT2D eigenvalue weighted by atomic mass is 10.1. The molecule has 0 saturated carbocycles. The van der Waals surface area contributed by atoms with E-state index in [4.69, 9.17) is 4.74 Å². The van der Waals surface area contributed by atoms with Crippen molar-refractivity contribution in [2.24, 2.45) is 5.92 Å². The highest BCUT2D eigenvalue weighted by Gasteiger charge is 2.39. The van der Waals surface area contributed by atoms with Crippen LogP contribution in [0.3, 0.4) is 0 Å². The number of ether oxygens (including phenoxy) is 1. The predicted octanol–water partition coefficient (Wildman–Crippen LogP) is 4.36. The van der Waals surface area contributed by atoms with E-state index in [0.29, 0.717) is 28.5 Å². The Labute approximate surface area is 164 Å². The Balaban J connectivity index is 1.95. The minimum Gasteiger partial charge on any atom is -0.497 e. The Morgan fingerprint density at radius 2 is 1.63 bits per heavy atom. The summed E-state index contributed by atoms with van der Waals surface area (Å²) in [6.45, 7) is 4.43. The minimum absolute atomic E-state index is 0.194. The molecule has 1 heterocycles. The quantitative estimate of drug-likeness (QED) is 0.669. The summed E-state index contributed by atoms with van der Waals surface area (Å²) in [5.74, 6) is 1.17. The Kier molecular flexibility index (Phi) is 6.01. The lowest BCUT2D eigenvalue weighted by molar-refractivity contribution is -0.137. The molecule has 3 rings (SSSR count). The second-order valence-corrected chi connectivity index (χ2v) is 7.81. The summed E-state index contributed by atoms with van der Waals surface area (Å²) in [4.78, 5) is 27.9. The number of amides is 2. The van der Waals surface area contributed by atoms with Crippen molar-refractivity contribution in [3.8, 4) is 5.75 Å². The van der Waals surface area contributed by atoms with Gasteiger partial charge in [-0.1, -0.05) is 56.3 Å². The van der Waals surface area contributed by atoms with Crippen molar-refractivity contribution in [1.82, 2.24) is 4.90 Å². The number of methoxy groups -OCH3 is 1. The van der Waals surface area contributed by atoms with Crippen LogP contribution in [0.1, 0.15) is 25.0 Å². The molecule has 2 aromatic carbocycles. The van der Waals surface area contributed by atoms with E-state index in [0.717, 1.165) is 11.1 Å². The standard InChI is InChI=1S/C22H23NO3S/c1-15(2)13-23-21(24)19(17-9-11-18(26-3)12-10-17)20(22(23)25)27-14-16-7-5-4-6-8-16/h4-12,15H,13-14H2,1-3H3. The van der Waals surface area contributed by atoms with E-state index in [2.05, 4.69) is 0 Å². The van der Waals surface area contributed by atoms with E-state index in [1.807, 2.05) is 68.4 Å². The average Bonchev–Trinajstić information content (AvgIpc) is 2.91. The van der Waals surface area contributed by atoms with Gasteiger partial charge in [-0.3, -0.25) is 14.5 Å². The fraction of sp³-hybridized carbons (Fsp3) is 0.273. The molecule has 0 radical (unpaired) electrons. The van der Waals surface area contributed by atoms with Crippen molar-refractivity contribution in [3.05, 3.63) is 70.6 Å². The van der Waals surface area contributed by atoms with Gasteiger partial charge in [-0.25, -0.2) is 0 Å². The highest BCUT2D eigenvalue weighted by atomic mass is 32.2. The molecule has 0 unspecified atom stereocenters. The zero-order valence-electron chi connectivity index (χ0n) is 15.8. The van der Waals surface area contributed by atoms with E-state index in [-0.39, 0.29) is 17.7 Å². The van der Waals surface area contributed by atoms with Crippen LogP contribution in [0.2, 0.25) is 0 Å². The zero-order valence-corrected chi connectivity index (χ0v) is 16.6. The molecule has 27 heavy (non-hydrogen) atoms. The second-order valence-electron chi connectivity index (χ2n) is 6.82. The van der Waals surface area contributed by atoms with E-state index >= 15 is 0 Å². The molecule has 0 fully saturated rings. The number of carbonyl (C=O) groups excluding carboxylic acids is 2. The van der Waals surface area contributed by atoms with Gasteiger partial charge in [0.25, 0.3) is 11.8 Å². The maximum absolute atomic E-state index is 13.0. The molecular formula is C22H23NO3S. The van der Waals surface area contributed by atoms with Crippen LogP contribution in [-0.2, 0) is 15.3 Å². The Morgan fingerprint density at radius 3 is 2.22 bits per heavy atom. The van der Waals surface area contributed by atoms with Gasteiger partial charge < -0.3 is 4.74 Å². The van der Waals surface area contributed by atoms with Gasteiger partial charge in [0.1, 0.15) is 5.75 Å². The topological polar surface area (TPSA) is 46.6 Å². The maximum Gasteiger partial charge on any atom is 0.268 e. The summed E-state index contributed by atoms with van der Waals surface area (Å²) in [6, 6.07) is 17.2. The zero-order chi connectivity index (χ0) is 19.4. The normalized spacial score (nSPS) is 14.4. The van der Waals surface area contributed by atoms with Gasteiger partial charge in [-0.05, 0) is 29.2 Å². The molecule has 0 bridgehead atoms. The predicted molar refractivity (Wildman–Crippen MR) is 109 cm³/mol. The van der Waals surface area contributed by atoms with Gasteiger partial charge in [-0.2, -0.15) is 0 Å². The van der Waals surface area contributed by atoms with Crippen LogP contribution in [0.25, 0.3) is 5.57 Å². The average molecular weight is 381 g/mol. The first-order valence-corrected chi connectivity index (χ1v) is 9.91. The first-order valence-electron chi connectivity index (χ1n) is 8.93. The molecule has 0 spiro atoms. The van der Waals surface area contributed by atoms with Crippen LogP contribution < -0.4 is 4.74 Å². The van der Waals surface area contributed by atoms with Gasteiger partial charge in [-0.15, -0.1) is 11.8 Å². The SMILES string of the molecule is COc1ccc(C2=C(SCc3ccccc3)C(=O)N(CC(C)C)C2=O)cc1. The molecule has 4 nitrogen and oxygen atoms in total. The molecule has 2 aromatic rings. The minimum atomic E-state index is -0.213. The monoisotopic (exact) mass is 381 g/mol. The summed E-state index contributed by atoms with van der Waals surface area (Å²) >= 11 is 1.43. The molecule has 0 atom stereocenters. The van der Waals surface area contributed by atoms with E-state index < -0.39 is 0 Å². The van der Waals surface area contributed by atoms with Crippen LogP contribution in [0, 0.1) is 5.92 Å². The summed E-state index contributed by atoms with van der Waals surface area (Å²) < 4.78 is 5.20. The number of carbonyl (C=O) groups is 2. The summed E-state index contributed by atoms with van der Waals surface area (Å²) in [5.41, 5.74) is 2.35. The van der Waals surface area contributed by atoms with E-state index in [1.165, 1.54) is 16.7 Å².